The Bertz CT molecular complexity index is 3210. The van der Waals surface area contributed by atoms with E-state index in [0.717, 1.165) is 98.6 Å². The van der Waals surface area contributed by atoms with Crippen LogP contribution in [-0.4, -0.2) is 157 Å². The SMILES string of the molecule is CN(C)C(=O)C(CCN1CCC(c2ccccc2)(c2nn[nH]n2)CC1)(c1ccccc1)c1ccccc1.CN(C)C(=O)C(CCN1CCC(c2ccccc2)(c2nnn(CC(N)=O)n2)CC1)(c1ccccc1)c1ccccc1.NC(=O)CCl. The van der Waals surface area contributed by atoms with Crippen molar-refractivity contribution in [1.29, 1.82) is 0 Å². The van der Waals surface area contributed by atoms with Crippen molar-refractivity contribution >= 4 is 35.2 Å². The fourth-order valence-corrected chi connectivity index (χ4v) is 12.0. The fraction of sp³-hybridized carbons (Fsp3) is 0.344. The van der Waals surface area contributed by atoms with E-state index in [1.54, 1.807) is 9.80 Å². The number of amides is 4. The molecule has 0 bridgehead atoms. The topological polar surface area (TPSA) is 231 Å². The van der Waals surface area contributed by atoms with Crippen LogP contribution in [-0.2, 0) is 47.4 Å². The number of tetrazole rings is 2. The summed E-state index contributed by atoms with van der Waals surface area (Å²) in [7, 11) is 7.36. The fourth-order valence-electron chi connectivity index (χ4n) is 12.0. The maximum Gasteiger partial charge on any atom is 0.241 e. The molecule has 432 valence electrons. The average molecular weight is 1140 g/mol. The van der Waals surface area contributed by atoms with Gasteiger partial charge in [-0.05, 0) is 116 Å². The molecular weight excluding hydrogens is 1060 g/mol. The summed E-state index contributed by atoms with van der Waals surface area (Å²) in [4.78, 5) is 58.5. The molecule has 2 fully saturated rings. The van der Waals surface area contributed by atoms with Crippen LogP contribution in [0.4, 0.5) is 0 Å². The molecule has 83 heavy (non-hydrogen) atoms. The van der Waals surface area contributed by atoms with Crippen molar-refractivity contribution in [1.82, 2.24) is 60.4 Å². The van der Waals surface area contributed by atoms with Crippen molar-refractivity contribution in [3.8, 4) is 0 Å². The molecule has 0 saturated carbocycles. The van der Waals surface area contributed by atoms with Crippen LogP contribution < -0.4 is 11.5 Å². The zero-order chi connectivity index (χ0) is 58.9. The zero-order valence-corrected chi connectivity index (χ0v) is 48.6. The number of hydrogen-bond donors (Lipinski definition) is 3. The molecule has 2 aliphatic heterocycles. The van der Waals surface area contributed by atoms with Gasteiger partial charge in [0.05, 0.1) is 10.8 Å². The van der Waals surface area contributed by atoms with Gasteiger partial charge in [0.1, 0.15) is 23.3 Å². The van der Waals surface area contributed by atoms with Gasteiger partial charge in [-0.3, -0.25) is 19.2 Å². The minimum absolute atomic E-state index is 0.0702. The van der Waals surface area contributed by atoms with Crippen LogP contribution in [0.2, 0.25) is 0 Å². The highest BCUT2D eigenvalue weighted by atomic mass is 35.5. The molecule has 2 aromatic heterocycles. The van der Waals surface area contributed by atoms with Gasteiger partial charge in [-0.1, -0.05) is 187 Å². The van der Waals surface area contributed by atoms with Crippen molar-refractivity contribution < 1.29 is 19.2 Å². The molecule has 0 spiro atoms. The van der Waals surface area contributed by atoms with Gasteiger partial charge in [-0.2, -0.15) is 10.0 Å². The molecule has 0 radical (unpaired) electrons. The van der Waals surface area contributed by atoms with E-state index in [0.29, 0.717) is 18.7 Å². The van der Waals surface area contributed by atoms with Crippen molar-refractivity contribution in [3.63, 3.8) is 0 Å². The maximum absolute atomic E-state index is 14.0. The van der Waals surface area contributed by atoms with Gasteiger partial charge in [0.2, 0.25) is 23.6 Å². The predicted molar refractivity (Wildman–Crippen MR) is 321 cm³/mol. The zero-order valence-electron chi connectivity index (χ0n) is 47.8. The van der Waals surface area contributed by atoms with Gasteiger partial charge in [-0.15, -0.1) is 32.0 Å². The number of H-pyrrole nitrogens is 1. The molecule has 4 heterocycles. The van der Waals surface area contributed by atoms with Gasteiger partial charge in [-0.25, -0.2) is 0 Å². The van der Waals surface area contributed by atoms with E-state index in [9.17, 15) is 19.2 Å². The number of rotatable bonds is 19. The standard InChI is InChI=1S/C32H37N7O2.C30H34N6O.C2H4ClNO/c1-37(2)30(41)32(26-14-8-4-9-15-26,27-16-10-5-11-17-27)20-23-38-21-18-31(19-22-38,25-12-6-3-7-13-25)29-34-36-39(35-29)24-28(33)40;1-35(2)28(37)30(25-14-8-4-9-15-25,26-16-10-5-11-17-26)20-23-36-21-18-29(19-22-36,27-31-33-34-32-27)24-12-6-3-7-13-24;3-1-2(4)5/h3-17H,18-24H2,1-2H3,(H2,33,40);3-17H,18-23H2,1-2H3,(H,31,32,33,34);1H2,(H2,4,5). The molecule has 10 rings (SSSR count). The lowest BCUT2D eigenvalue weighted by Crippen LogP contribution is -2.49. The van der Waals surface area contributed by atoms with Gasteiger partial charge in [0, 0.05) is 28.2 Å². The number of alkyl halides is 1. The van der Waals surface area contributed by atoms with E-state index >= 15 is 0 Å². The first kappa shape index (κ1) is 60.6. The summed E-state index contributed by atoms with van der Waals surface area (Å²) >= 11 is 4.86. The van der Waals surface area contributed by atoms with Crippen LogP contribution in [0.1, 0.15) is 83.6 Å². The lowest BCUT2D eigenvalue weighted by Gasteiger charge is -2.42. The molecule has 0 unspecified atom stereocenters. The van der Waals surface area contributed by atoms with E-state index in [4.69, 9.17) is 17.3 Å². The Morgan fingerprint density at radius 1 is 0.518 bits per heavy atom. The van der Waals surface area contributed by atoms with Crippen molar-refractivity contribution in [2.24, 2.45) is 11.5 Å². The number of piperidine rings is 2. The van der Waals surface area contributed by atoms with Gasteiger partial charge in [0.15, 0.2) is 11.6 Å². The maximum atomic E-state index is 14.0. The Labute approximate surface area is 491 Å². The third-order valence-electron chi connectivity index (χ3n) is 16.4. The lowest BCUT2D eigenvalue weighted by atomic mass is 9.70. The minimum atomic E-state index is -0.807. The number of aromatic amines is 1. The number of likely N-dealkylation sites (N-methyl/N-ethyl adjacent to an activating group) is 2. The number of benzene rings is 6. The van der Waals surface area contributed by atoms with Crippen molar-refractivity contribution in [3.05, 3.63) is 227 Å². The predicted octanol–water partition coefficient (Wildman–Crippen LogP) is 6.76. The highest BCUT2D eigenvalue weighted by Crippen LogP contribution is 2.44. The van der Waals surface area contributed by atoms with Gasteiger partial charge >= 0.3 is 0 Å². The van der Waals surface area contributed by atoms with Crippen LogP contribution in [0.15, 0.2) is 182 Å². The molecule has 18 nitrogen and oxygen atoms in total. The van der Waals surface area contributed by atoms with Crippen molar-refractivity contribution in [2.45, 2.75) is 66.7 Å². The van der Waals surface area contributed by atoms with Crippen molar-refractivity contribution in [2.75, 3.05) is 73.3 Å². The molecule has 19 heteroatoms. The van der Waals surface area contributed by atoms with E-state index in [-0.39, 0.29) is 29.7 Å². The second-order valence-corrected chi connectivity index (χ2v) is 22.0. The smallest absolute Gasteiger partial charge is 0.241 e. The summed E-state index contributed by atoms with van der Waals surface area (Å²) in [5.74, 6) is 0.462. The minimum Gasteiger partial charge on any atom is -0.369 e. The number of halogens is 1. The average Bonchev–Trinajstić information content (AvgIpc) is 4.26. The molecule has 5 N–H and O–H groups in total. The highest BCUT2D eigenvalue weighted by molar-refractivity contribution is 6.27. The number of carbonyl (C=O) groups is 4. The van der Waals surface area contributed by atoms with Crippen LogP contribution >= 0.6 is 11.6 Å². The Morgan fingerprint density at radius 3 is 1.16 bits per heavy atom. The summed E-state index contributed by atoms with van der Waals surface area (Å²) < 4.78 is 0. The van der Waals surface area contributed by atoms with Gasteiger partial charge < -0.3 is 31.1 Å². The lowest BCUT2D eigenvalue weighted by molar-refractivity contribution is -0.134. The third-order valence-corrected chi connectivity index (χ3v) is 16.6. The van der Waals surface area contributed by atoms with Crippen LogP contribution in [0.25, 0.3) is 0 Å². The van der Waals surface area contributed by atoms with Crippen LogP contribution in [0, 0.1) is 0 Å². The number of primary amides is 2. The third kappa shape index (κ3) is 13.7. The Balaban J connectivity index is 0.000000201. The summed E-state index contributed by atoms with van der Waals surface area (Å²) in [5, 5.41) is 28.4. The number of nitrogens with one attached hydrogen (secondary N) is 1. The van der Waals surface area contributed by atoms with E-state index in [1.165, 1.54) is 10.4 Å². The van der Waals surface area contributed by atoms with E-state index < -0.39 is 28.1 Å². The number of aromatic nitrogens is 8. The molecule has 8 aromatic rings. The molecular formula is C64H75ClN14O4. The van der Waals surface area contributed by atoms with Gasteiger partial charge in [0.25, 0.3) is 0 Å². The normalized spacial score (nSPS) is 15.1. The van der Waals surface area contributed by atoms with E-state index in [2.05, 4.69) is 136 Å². The number of nitrogens with two attached hydrogens (primary N) is 2. The number of nitrogens with zero attached hydrogens (tertiary/aromatic N) is 11. The second kappa shape index (κ2) is 28.0. The second-order valence-electron chi connectivity index (χ2n) is 21.7. The Morgan fingerprint density at radius 2 is 0.855 bits per heavy atom. The highest BCUT2D eigenvalue weighted by Gasteiger charge is 2.47. The quantitative estimate of drug-likeness (QED) is 0.0713. The number of carbonyl (C=O) groups excluding carboxylic acids is 4. The molecule has 0 atom stereocenters. The monoisotopic (exact) mass is 1140 g/mol. The largest absolute Gasteiger partial charge is 0.369 e. The van der Waals surface area contributed by atoms with E-state index in [1.807, 2.05) is 125 Å². The number of hydrogen-bond acceptors (Lipinski definition) is 12. The molecule has 6 aromatic carbocycles. The molecule has 2 aliphatic rings. The Kier molecular flexibility index (Phi) is 20.5. The molecule has 2 saturated heterocycles. The number of likely N-dealkylation sites (tertiary alicyclic amines) is 2. The molecule has 4 amide bonds. The van der Waals surface area contributed by atoms with Crippen LogP contribution in [0.3, 0.4) is 0 Å². The first-order valence-electron chi connectivity index (χ1n) is 28.0. The summed E-state index contributed by atoms with van der Waals surface area (Å²) in [6.45, 7) is 4.82. The van der Waals surface area contributed by atoms with Crippen LogP contribution in [0.5, 0.6) is 0 Å². The summed E-state index contributed by atoms with van der Waals surface area (Å²) in [5.41, 5.74) is 14.0. The summed E-state index contributed by atoms with van der Waals surface area (Å²) in [6, 6.07) is 61.5. The molecule has 0 aliphatic carbocycles. The summed E-state index contributed by atoms with van der Waals surface area (Å²) in [6.07, 6.45) is 4.68. The Hall–Kier alpha value is -8.45. The first-order valence-corrected chi connectivity index (χ1v) is 28.6. The first-order chi connectivity index (χ1) is 40.2.